The predicted octanol–water partition coefficient (Wildman–Crippen LogP) is -3.42. The second kappa shape index (κ2) is 10.3. The molecule has 4 fully saturated rings. The molecule has 3 aliphatic heterocycles. The van der Waals surface area contributed by atoms with Gasteiger partial charge < -0.3 is 59.1 Å². The van der Waals surface area contributed by atoms with Crippen molar-refractivity contribution in [2.75, 3.05) is 19.8 Å². The van der Waals surface area contributed by atoms with Crippen molar-refractivity contribution in [3.05, 3.63) is 0 Å². The van der Waals surface area contributed by atoms with E-state index in [0.717, 1.165) is 6.42 Å². The van der Waals surface area contributed by atoms with Gasteiger partial charge in [0, 0.05) is 6.42 Å². The summed E-state index contributed by atoms with van der Waals surface area (Å²) in [7, 11) is 0. The van der Waals surface area contributed by atoms with Gasteiger partial charge >= 0.3 is 5.97 Å². The van der Waals surface area contributed by atoms with E-state index >= 15 is 0 Å². The monoisotopic (exact) mass is 480 g/mol. The standard InChI is InChI=1S/C20H32O13/c1-7-4-8(7)18(27)28-3-2-11-29-6-10-17(32-11)14(24)16(26)20(31-10)33-19-15(25)13(23)12(22)9(5-21)30-19/h7-17,19-26H,2-6H2,1H3/t7?,8?,9?,10-,11?,12-,13?,14-,15-,16-,17-,19-,20-/m1/s1. The molecule has 5 unspecified atom stereocenters. The van der Waals surface area contributed by atoms with Crippen LogP contribution in [0.1, 0.15) is 19.8 Å². The fourth-order valence-electron chi connectivity index (χ4n) is 4.21. The van der Waals surface area contributed by atoms with E-state index in [9.17, 15) is 35.4 Å². The number of ether oxygens (including phenoxy) is 6. The van der Waals surface area contributed by atoms with E-state index in [1.54, 1.807) is 0 Å². The number of aliphatic hydroxyl groups is 6. The molecule has 0 aromatic carbocycles. The van der Waals surface area contributed by atoms with E-state index in [2.05, 4.69) is 0 Å². The van der Waals surface area contributed by atoms with Gasteiger partial charge in [-0.3, -0.25) is 4.79 Å². The molecule has 3 heterocycles. The lowest BCUT2D eigenvalue weighted by molar-refractivity contribution is -0.398. The highest BCUT2D eigenvalue weighted by atomic mass is 16.8. The van der Waals surface area contributed by atoms with Crippen molar-refractivity contribution in [3.8, 4) is 0 Å². The van der Waals surface area contributed by atoms with Crippen LogP contribution in [0.2, 0.25) is 0 Å². The van der Waals surface area contributed by atoms with E-state index in [4.69, 9.17) is 28.4 Å². The first-order valence-corrected chi connectivity index (χ1v) is 11.1. The molecular formula is C20H32O13. The van der Waals surface area contributed by atoms with Crippen LogP contribution in [-0.4, -0.2) is 124 Å². The second-order valence-corrected chi connectivity index (χ2v) is 9.00. The zero-order chi connectivity index (χ0) is 23.9. The minimum Gasteiger partial charge on any atom is -0.465 e. The Morgan fingerprint density at radius 3 is 2.27 bits per heavy atom. The number of carbonyl (C=O) groups excluding carboxylic acids is 1. The normalized spacial score (nSPS) is 49.8. The first-order chi connectivity index (χ1) is 15.7. The Bertz CT molecular complexity index is 674. The summed E-state index contributed by atoms with van der Waals surface area (Å²) in [6.45, 7) is 1.40. The van der Waals surface area contributed by atoms with E-state index < -0.39 is 74.3 Å². The number of esters is 1. The SMILES string of the molecule is CC1CC1C(=O)OCCC1OC[C@H]2O[C@H](O[C@H]3OC(CO)[C@@H](O)C(O)[C@H]3O)[C@H](O)[C@@H](O)[C@@H]2O1. The molecule has 4 rings (SSSR count). The first-order valence-electron chi connectivity index (χ1n) is 11.1. The highest BCUT2D eigenvalue weighted by Gasteiger charge is 2.52. The first kappa shape index (κ1) is 25.1. The highest BCUT2D eigenvalue weighted by molar-refractivity contribution is 5.75. The topological polar surface area (TPSA) is 194 Å². The third-order valence-electron chi connectivity index (χ3n) is 6.52. The molecule has 190 valence electrons. The average Bonchev–Trinajstić information content (AvgIpc) is 3.54. The van der Waals surface area contributed by atoms with Gasteiger partial charge in [0.15, 0.2) is 18.9 Å². The number of fused-ring (bicyclic) bond motifs is 1. The summed E-state index contributed by atoms with van der Waals surface area (Å²) < 4.78 is 32.8. The smallest absolute Gasteiger partial charge is 0.309 e. The summed E-state index contributed by atoms with van der Waals surface area (Å²) in [6, 6.07) is 0. The van der Waals surface area contributed by atoms with Crippen LogP contribution in [0.15, 0.2) is 0 Å². The molecule has 13 nitrogen and oxygen atoms in total. The molecular weight excluding hydrogens is 448 g/mol. The predicted molar refractivity (Wildman–Crippen MR) is 103 cm³/mol. The van der Waals surface area contributed by atoms with E-state index in [1.165, 1.54) is 0 Å². The van der Waals surface area contributed by atoms with E-state index in [0.29, 0.717) is 5.92 Å². The molecule has 13 atom stereocenters. The maximum atomic E-state index is 11.8. The van der Waals surface area contributed by atoms with Gasteiger partial charge in [0.1, 0.15) is 48.8 Å². The number of hydrogen-bond donors (Lipinski definition) is 6. The van der Waals surface area contributed by atoms with Gasteiger partial charge in [0.25, 0.3) is 0 Å². The fraction of sp³-hybridized carbons (Fsp3) is 0.950. The minimum atomic E-state index is -1.70. The van der Waals surface area contributed by atoms with Gasteiger partial charge in [0.05, 0.1) is 25.7 Å². The summed E-state index contributed by atoms with van der Waals surface area (Å²) in [5, 5.41) is 60.2. The van der Waals surface area contributed by atoms with Crippen molar-refractivity contribution < 1.29 is 63.9 Å². The maximum Gasteiger partial charge on any atom is 0.309 e. The van der Waals surface area contributed by atoms with E-state index in [-0.39, 0.29) is 31.5 Å². The zero-order valence-corrected chi connectivity index (χ0v) is 18.1. The Balaban J connectivity index is 1.28. The van der Waals surface area contributed by atoms with Crippen molar-refractivity contribution in [1.82, 2.24) is 0 Å². The van der Waals surface area contributed by atoms with Crippen LogP contribution in [0.4, 0.5) is 0 Å². The van der Waals surface area contributed by atoms with Crippen molar-refractivity contribution in [3.63, 3.8) is 0 Å². The van der Waals surface area contributed by atoms with Gasteiger partial charge in [-0.05, 0) is 12.3 Å². The molecule has 3 saturated heterocycles. The van der Waals surface area contributed by atoms with E-state index in [1.807, 2.05) is 6.92 Å². The molecule has 33 heavy (non-hydrogen) atoms. The molecule has 4 aliphatic rings. The van der Waals surface area contributed by atoms with Crippen molar-refractivity contribution in [2.24, 2.45) is 11.8 Å². The van der Waals surface area contributed by atoms with Gasteiger partial charge in [0.2, 0.25) is 0 Å². The van der Waals surface area contributed by atoms with Gasteiger partial charge in [-0.25, -0.2) is 0 Å². The summed E-state index contributed by atoms with van der Waals surface area (Å²) >= 11 is 0. The van der Waals surface area contributed by atoms with Crippen LogP contribution in [0.5, 0.6) is 0 Å². The number of rotatable bonds is 7. The van der Waals surface area contributed by atoms with Gasteiger partial charge in [-0.2, -0.15) is 0 Å². The average molecular weight is 480 g/mol. The third-order valence-corrected chi connectivity index (χ3v) is 6.52. The number of carbonyl (C=O) groups is 1. The Labute approximate surface area is 189 Å². The Hall–Kier alpha value is -0.970. The molecule has 0 spiro atoms. The molecule has 0 amide bonds. The summed E-state index contributed by atoms with van der Waals surface area (Å²) in [5.74, 6) is 0.0438. The lowest BCUT2D eigenvalue weighted by Crippen LogP contribution is -2.65. The zero-order valence-electron chi connectivity index (χ0n) is 18.1. The lowest BCUT2D eigenvalue weighted by atomic mass is 9.97. The summed E-state index contributed by atoms with van der Waals surface area (Å²) in [5.41, 5.74) is 0. The van der Waals surface area contributed by atoms with Crippen LogP contribution < -0.4 is 0 Å². The van der Waals surface area contributed by atoms with Crippen LogP contribution in [-0.2, 0) is 33.2 Å². The maximum absolute atomic E-state index is 11.8. The Morgan fingerprint density at radius 2 is 1.61 bits per heavy atom. The van der Waals surface area contributed by atoms with Crippen LogP contribution >= 0.6 is 0 Å². The van der Waals surface area contributed by atoms with Gasteiger partial charge in [-0.1, -0.05) is 6.92 Å². The van der Waals surface area contributed by atoms with Crippen LogP contribution in [0, 0.1) is 11.8 Å². The molecule has 6 N–H and O–H groups in total. The summed E-state index contributed by atoms with van der Waals surface area (Å²) in [6.07, 6.45) is -13.7. The fourth-order valence-corrected chi connectivity index (χ4v) is 4.21. The Morgan fingerprint density at radius 1 is 0.939 bits per heavy atom. The molecule has 0 aromatic rings. The lowest BCUT2D eigenvalue weighted by Gasteiger charge is -2.48. The van der Waals surface area contributed by atoms with Crippen molar-refractivity contribution in [2.45, 2.75) is 87.5 Å². The molecule has 13 heteroatoms. The van der Waals surface area contributed by atoms with Crippen LogP contribution in [0.3, 0.4) is 0 Å². The molecule has 0 bridgehead atoms. The molecule has 1 saturated carbocycles. The van der Waals surface area contributed by atoms with Gasteiger partial charge in [-0.15, -0.1) is 0 Å². The Kier molecular flexibility index (Phi) is 7.87. The third kappa shape index (κ3) is 5.33. The minimum absolute atomic E-state index is 0.0126. The second-order valence-electron chi connectivity index (χ2n) is 9.00. The quantitative estimate of drug-likeness (QED) is 0.197. The highest BCUT2D eigenvalue weighted by Crippen LogP contribution is 2.38. The van der Waals surface area contributed by atoms with Crippen molar-refractivity contribution in [1.29, 1.82) is 0 Å². The number of aliphatic hydroxyl groups excluding tert-OH is 6. The molecule has 0 aromatic heterocycles. The van der Waals surface area contributed by atoms with Crippen molar-refractivity contribution >= 4 is 5.97 Å². The molecule has 0 radical (unpaired) electrons. The molecule has 1 aliphatic carbocycles. The number of hydrogen-bond acceptors (Lipinski definition) is 13. The summed E-state index contributed by atoms with van der Waals surface area (Å²) in [4.78, 5) is 11.8. The largest absolute Gasteiger partial charge is 0.465 e. The van der Waals surface area contributed by atoms with Crippen LogP contribution in [0.25, 0.3) is 0 Å².